The molecule has 1 aliphatic rings. The maximum atomic E-state index is 11.0. The first kappa shape index (κ1) is 4.37. The molecule has 1 N–H and O–H groups in total. The second-order valence-corrected chi connectivity index (χ2v) is 2.95. The fraction of sp³-hybridized carbons (Fsp3) is 0.875. The zero-order valence-corrected chi connectivity index (χ0v) is 5.89. The molecule has 58 valence electrons. The highest BCUT2D eigenvalue weighted by Crippen LogP contribution is 2.35. The van der Waals surface area contributed by atoms with Gasteiger partial charge < -0.3 is 5.11 Å². The number of carboxylic acid groups (broad SMARTS) is 1. The largest absolute Gasteiger partial charge is 0.481 e. The lowest BCUT2D eigenvalue weighted by Gasteiger charge is -2.28. The summed E-state index contributed by atoms with van der Waals surface area (Å²) in [6, 6.07) is 0. The van der Waals surface area contributed by atoms with Crippen LogP contribution in [0.4, 0.5) is 0 Å². The van der Waals surface area contributed by atoms with E-state index in [1.54, 1.807) is 0 Å². The van der Waals surface area contributed by atoms with E-state index in [4.69, 9.17) is 9.22 Å². The zero-order valence-electron chi connectivity index (χ0n) is 8.89. The molecule has 2 nitrogen and oxygen atoms in total. The van der Waals surface area contributed by atoms with Gasteiger partial charge in [0.25, 0.3) is 0 Å². The summed E-state index contributed by atoms with van der Waals surface area (Å²) in [6.07, 6.45) is 2.96. The van der Waals surface area contributed by atoms with Gasteiger partial charge in [0.1, 0.15) is 0 Å². The third-order valence-electron chi connectivity index (χ3n) is 2.12. The van der Waals surface area contributed by atoms with Gasteiger partial charge in [-0.1, -0.05) is 19.3 Å². The van der Waals surface area contributed by atoms with E-state index in [0.717, 1.165) is 6.42 Å². The molecule has 2 heteroatoms. The molecule has 0 atom stereocenters. The highest BCUT2D eigenvalue weighted by Gasteiger charge is 2.33. The fourth-order valence-corrected chi connectivity index (χ4v) is 1.37. The second-order valence-electron chi connectivity index (χ2n) is 2.95. The Hall–Kier alpha value is -0.530. The Kier molecular flexibility index (Phi) is 1.14. The average molecular weight is 145 g/mol. The Bertz CT molecular complexity index is 204. The normalized spacial score (nSPS) is 29.8. The lowest BCUT2D eigenvalue weighted by Crippen LogP contribution is -2.29. The molecule has 1 aliphatic carbocycles. The highest BCUT2D eigenvalue weighted by atomic mass is 16.4. The van der Waals surface area contributed by atoms with Gasteiger partial charge in [-0.3, -0.25) is 4.79 Å². The van der Waals surface area contributed by atoms with Crippen LogP contribution in [0.1, 0.15) is 43.1 Å². The van der Waals surface area contributed by atoms with Crippen LogP contribution in [0.15, 0.2) is 0 Å². The molecule has 1 saturated carbocycles. The molecule has 0 aromatic carbocycles. The quantitative estimate of drug-likeness (QED) is 0.613. The SMILES string of the molecule is [2H]C([2H])([2H])C1(C(=O)O)CCCCC1. The van der Waals surface area contributed by atoms with Gasteiger partial charge in [-0.15, -0.1) is 0 Å². The van der Waals surface area contributed by atoms with Crippen LogP contribution < -0.4 is 0 Å². The van der Waals surface area contributed by atoms with Crippen molar-refractivity contribution < 1.29 is 14.0 Å². The molecule has 10 heavy (non-hydrogen) atoms. The molecule has 0 bridgehead atoms. The molecule has 1 rings (SSSR count). The molecule has 0 aliphatic heterocycles. The Balaban J connectivity index is 2.93. The summed E-state index contributed by atoms with van der Waals surface area (Å²) in [5.41, 5.74) is -1.47. The maximum absolute atomic E-state index is 11.0. The number of rotatable bonds is 1. The van der Waals surface area contributed by atoms with Crippen molar-refractivity contribution >= 4 is 5.97 Å². The molecule has 0 heterocycles. The number of aliphatic carboxylic acids is 1. The van der Waals surface area contributed by atoms with E-state index in [-0.39, 0.29) is 0 Å². The monoisotopic (exact) mass is 145 g/mol. The van der Waals surface area contributed by atoms with E-state index >= 15 is 0 Å². The lowest BCUT2D eigenvalue weighted by atomic mass is 9.76. The second kappa shape index (κ2) is 2.60. The molecule has 0 unspecified atom stereocenters. The van der Waals surface area contributed by atoms with Gasteiger partial charge in [-0.25, -0.2) is 0 Å². The average Bonchev–Trinajstić information content (AvgIpc) is 2.03. The van der Waals surface area contributed by atoms with Gasteiger partial charge >= 0.3 is 5.97 Å². The van der Waals surface area contributed by atoms with Crippen molar-refractivity contribution in [2.45, 2.75) is 39.0 Å². The summed E-state index contributed by atoms with van der Waals surface area (Å²) in [4.78, 5) is 11.0. The van der Waals surface area contributed by atoms with Crippen molar-refractivity contribution in [3.63, 3.8) is 0 Å². The minimum atomic E-state index is -2.36. The van der Waals surface area contributed by atoms with Gasteiger partial charge in [-0.05, 0) is 19.7 Å². The Morgan fingerprint density at radius 3 is 2.40 bits per heavy atom. The van der Waals surface area contributed by atoms with E-state index in [2.05, 4.69) is 0 Å². The first-order chi connectivity index (χ1) is 5.90. The smallest absolute Gasteiger partial charge is 0.309 e. The van der Waals surface area contributed by atoms with Crippen LogP contribution in [-0.2, 0) is 4.79 Å². The van der Waals surface area contributed by atoms with Gasteiger partial charge in [0.2, 0.25) is 0 Å². The zero-order chi connectivity index (χ0) is 10.1. The minimum Gasteiger partial charge on any atom is -0.481 e. The summed E-state index contributed by atoms with van der Waals surface area (Å²) in [5, 5.41) is 8.96. The van der Waals surface area contributed by atoms with E-state index < -0.39 is 18.2 Å². The third-order valence-corrected chi connectivity index (χ3v) is 2.12. The number of carboxylic acids is 1. The number of hydrogen-bond acceptors (Lipinski definition) is 1. The molecule has 0 radical (unpaired) electrons. The molecule has 0 amide bonds. The van der Waals surface area contributed by atoms with E-state index in [0.29, 0.717) is 25.7 Å². The van der Waals surface area contributed by atoms with Crippen LogP contribution in [0, 0.1) is 5.41 Å². The molecule has 1 fully saturated rings. The summed E-state index contributed by atoms with van der Waals surface area (Å²) in [5.74, 6) is -1.16. The summed E-state index contributed by atoms with van der Waals surface area (Å²) in [6.45, 7) is -2.36. The van der Waals surface area contributed by atoms with Crippen molar-refractivity contribution in [3.8, 4) is 0 Å². The van der Waals surface area contributed by atoms with Crippen molar-refractivity contribution in [2.24, 2.45) is 5.41 Å². The molecule has 0 aromatic rings. The maximum Gasteiger partial charge on any atom is 0.309 e. The summed E-state index contributed by atoms with van der Waals surface area (Å²) in [7, 11) is 0. The molecule has 0 saturated heterocycles. The summed E-state index contributed by atoms with van der Waals surface area (Å²) < 4.78 is 21.8. The van der Waals surface area contributed by atoms with Crippen molar-refractivity contribution in [3.05, 3.63) is 0 Å². The van der Waals surface area contributed by atoms with Crippen molar-refractivity contribution in [2.75, 3.05) is 0 Å². The standard InChI is InChI=1S/C8H14O2/c1-8(7(9)10)5-3-2-4-6-8/h2-6H2,1H3,(H,9,10)/i1D3. The van der Waals surface area contributed by atoms with E-state index in [1.807, 2.05) is 0 Å². The van der Waals surface area contributed by atoms with Crippen LogP contribution in [0.2, 0.25) is 0 Å². The van der Waals surface area contributed by atoms with Crippen LogP contribution in [0.25, 0.3) is 0 Å². The van der Waals surface area contributed by atoms with E-state index in [1.165, 1.54) is 0 Å². The molecule has 0 aromatic heterocycles. The van der Waals surface area contributed by atoms with E-state index in [9.17, 15) is 4.79 Å². The molecule has 0 spiro atoms. The lowest BCUT2D eigenvalue weighted by molar-refractivity contribution is -0.149. The number of hydrogen-bond donors (Lipinski definition) is 1. The molecular formula is C8H14O2. The Morgan fingerprint density at radius 2 is 2.10 bits per heavy atom. The van der Waals surface area contributed by atoms with Crippen LogP contribution in [0.5, 0.6) is 0 Å². The van der Waals surface area contributed by atoms with Gasteiger partial charge in [0, 0.05) is 4.11 Å². The highest BCUT2D eigenvalue weighted by molar-refractivity contribution is 5.74. The third kappa shape index (κ3) is 1.31. The Morgan fingerprint density at radius 1 is 1.50 bits per heavy atom. The van der Waals surface area contributed by atoms with Crippen molar-refractivity contribution in [1.82, 2.24) is 0 Å². The van der Waals surface area contributed by atoms with Crippen LogP contribution in [-0.4, -0.2) is 11.1 Å². The first-order valence-corrected chi connectivity index (χ1v) is 3.63. The topological polar surface area (TPSA) is 37.3 Å². The van der Waals surface area contributed by atoms with Crippen LogP contribution in [0.3, 0.4) is 0 Å². The molecular weight excluding hydrogens is 128 g/mol. The summed E-state index contributed by atoms with van der Waals surface area (Å²) >= 11 is 0. The predicted octanol–water partition coefficient (Wildman–Crippen LogP) is 2.04. The number of carbonyl (C=O) groups is 1. The van der Waals surface area contributed by atoms with Crippen molar-refractivity contribution in [1.29, 1.82) is 0 Å². The fourth-order valence-electron chi connectivity index (χ4n) is 1.37. The van der Waals surface area contributed by atoms with Gasteiger partial charge in [0.05, 0.1) is 5.41 Å². The minimum absolute atomic E-state index is 0.291. The van der Waals surface area contributed by atoms with Crippen LogP contribution >= 0.6 is 0 Å². The predicted molar refractivity (Wildman–Crippen MR) is 38.8 cm³/mol. The first-order valence-electron chi connectivity index (χ1n) is 5.13. The Labute approximate surface area is 65.5 Å². The van der Waals surface area contributed by atoms with Gasteiger partial charge in [0.15, 0.2) is 0 Å². The van der Waals surface area contributed by atoms with Gasteiger partial charge in [-0.2, -0.15) is 0 Å².